The summed E-state index contributed by atoms with van der Waals surface area (Å²) in [6.07, 6.45) is 4.93. The maximum atomic E-state index is 11.9. The summed E-state index contributed by atoms with van der Waals surface area (Å²) >= 11 is 0. The number of carbonyl (C=O) groups excluding carboxylic acids is 1. The molecule has 1 aromatic carbocycles. The molecule has 2 N–H and O–H groups in total. The highest BCUT2D eigenvalue weighted by Crippen LogP contribution is 2.28. The second kappa shape index (κ2) is 6.94. The summed E-state index contributed by atoms with van der Waals surface area (Å²) in [5, 5.41) is 13.1. The van der Waals surface area contributed by atoms with Gasteiger partial charge in [0.25, 0.3) is 0 Å². The van der Waals surface area contributed by atoms with Crippen LogP contribution in [0.4, 0.5) is 5.69 Å². The van der Waals surface area contributed by atoms with E-state index in [2.05, 4.69) is 34.5 Å². The third kappa shape index (κ3) is 4.74. The van der Waals surface area contributed by atoms with E-state index < -0.39 is 5.60 Å². The average molecular weight is 290 g/mol. The van der Waals surface area contributed by atoms with Crippen LogP contribution < -0.4 is 10.2 Å². The molecule has 1 amide bonds. The van der Waals surface area contributed by atoms with Gasteiger partial charge in [-0.25, -0.2) is 0 Å². The van der Waals surface area contributed by atoms with Gasteiger partial charge in [0.15, 0.2) is 0 Å². The number of hydrogen-bond acceptors (Lipinski definition) is 3. The Labute approximate surface area is 127 Å². The van der Waals surface area contributed by atoms with E-state index in [1.807, 2.05) is 14.1 Å². The highest BCUT2D eigenvalue weighted by atomic mass is 16.3. The van der Waals surface area contributed by atoms with Gasteiger partial charge in [-0.3, -0.25) is 4.79 Å². The van der Waals surface area contributed by atoms with Crippen LogP contribution in [0.2, 0.25) is 0 Å². The predicted molar refractivity (Wildman–Crippen MR) is 85.5 cm³/mol. The molecule has 2 rings (SSSR count). The molecule has 0 radical (unpaired) electrons. The number of hydrogen-bond donors (Lipinski definition) is 2. The highest BCUT2D eigenvalue weighted by Gasteiger charge is 2.31. The van der Waals surface area contributed by atoms with E-state index in [1.54, 1.807) is 0 Å². The molecule has 116 valence electrons. The Morgan fingerprint density at radius 1 is 1.24 bits per heavy atom. The second-order valence-electron chi connectivity index (χ2n) is 6.27. The van der Waals surface area contributed by atoms with E-state index in [-0.39, 0.29) is 5.91 Å². The molecule has 1 aromatic rings. The maximum Gasteiger partial charge on any atom is 0.220 e. The smallest absolute Gasteiger partial charge is 0.220 e. The number of amides is 1. The van der Waals surface area contributed by atoms with Crippen LogP contribution in [0, 0.1) is 0 Å². The van der Waals surface area contributed by atoms with Crippen LogP contribution in [0.3, 0.4) is 0 Å². The zero-order chi connectivity index (χ0) is 15.3. The van der Waals surface area contributed by atoms with Crippen molar-refractivity contribution in [3.8, 4) is 0 Å². The first kappa shape index (κ1) is 15.8. The fourth-order valence-electron chi connectivity index (χ4n) is 2.78. The lowest BCUT2D eigenvalue weighted by molar-refractivity contribution is -0.122. The highest BCUT2D eigenvalue weighted by molar-refractivity contribution is 5.76. The van der Waals surface area contributed by atoms with Gasteiger partial charge in [0, 0.05) is 32.7 Å². The van der Waals surface area contributed by atoms with Crippen molar-refractivity contribution >= 4 is 11.6 Å². The Balaban J connectivity index is 1.73. The molecule has 0 aliphatic heterocycles. The van der Waals surface area contributed by atoms with Crippen molar-refractivity contribution in [3.63, 3.8) is 0 Å². The van der Waals surface area contributed by atoms with Gasteiger partial charge in [-0.1, -0.05) is 25.0 Å². The molecule has 4 nitrogen and oxygen atoms in total. The van der Waals surface area contributed by atoms with E-state index in [0.29, 0.717) is 13.0 Å². The molecule has 1 aliphatic carbocycles. The second-order valence-corrected chi connectivity index (χ2v) is 6.27. The molecule has 0 saturated heterocycles. The van der Waals surface area contributed by atoms with Gasteiger partial charge in [-0.15, -0.1) is 0 Å². The molecule has 21 heavy (non-hydrogen) atoms. The topological polar surface area (TPSA) is 52.6 Å². The predicted octanol–water partition coefficient (Wildman–Crippen LogP) is 2.11. The quantitative estimate of drug-likeness (QED) is 0.843. The minimum atomic E-state index is -0.664. The molecular weight excluding hydrogens is 264 g/mol. The Kier molecular flexibility index (Phi) is 5.23. The first-order valence-electron chi connectivity index (χ1n) is 7.74. The van der Waals surface area contributed by atoms with E-state index in [4.69, 9.17) is 0 Å². The zero-order valence-corrected chi connectivity index (χ0v) is 13.1. The van der Waals surface area contributed by atoms with Gasteiger partial charge >= 0.3 is 0 Å². The van der Waals surface area contributed by atoms with E-state index in [0.717, 1.165) is 43.4 Å². The lowest BCUT2D eigenvalue weighted by atomic mass is 10.0. The van der Waals surface area contributed by atoms with Gasteiger partial charge in [0.1, 0.15) is 0 Å². The minimum Gasteiger partial charge on any atom is -0.388 e. The van der Waals surface area contributed by atoms with E-state index >= 15 is 0 Å². The summed E-state index contributed by atoms with van der Waals surface area (Å²) in [6.45, 7) is 0.394. The molecule has 1 saturated carbocycles. The van der Waals surface area contributed by atoms with Crippen molar-refractivity contribution < 1.29 is 9.90 Å². The molecule has 0 heterocycles. The van der Waals surface area contributed by atoms with Crippen LogP contribution in [0.25, 0.3) is 0 Å². The number of rotatable bonds is 6. The largest absolute Gasteiger partial charge is 0.388 e. The number of carbonyl (C=O) groups is 1. The number of aliphatic hydroxyl groups is 1. The summed E-state index contributed by atoms with van der Waals surface area (Å²) < 4.78 is 0. The van der Waals surface area contributed by atoms with Crippen molar-refractivity contribution in [1.29, 1.82) is 0 Å². The van der Waals surface area contributed by atoms with Gasteiger partial charge < -0.3 is 15.3 Å². The molecular formula is C17H26N2O2. The van der Waals surface area contributed by atoms with Gasteiger partial charge in [0.05, 0.1) is 5.60 Å². The normalized spacial score (nSPS) is 16.7. The van der Waals surface area contributed by atoms with Crippen LogP contribution in [0.15, 0.2) is 24.3 Å². The minimum absolute atomic E-state index is 0.0204. The molecule has 4 heteroatoms. The van der Waals surface area contributed by atoms with Gasteiger partial charge in [-0.05, 0) is 37.0 Å². The molecule has 1 aliphatic rings. The van der Waals surface area contributed by atoms with Crippen molar-refractivity contribution in [1.82, 2.24) is 5.32 Å². The number of aryl methyl sites for hydroxylation is 1. The Hall–Kier alpha value is -1.55. The average Bonchev–Trinajstić information content (AvgIpc) is 2.91. The van der Waals surface area contributed by atoms with E-state index in [9.17, 15) is 9.90 Å². The monoisotopic (exact) mass is 290 g/mol. The Bertz CT molecular complexity index is 462. The Morgan fingerprint density at radius 3 is 2.43 bits per heavy atom. The van der Waals surface area contributed by atoms with Crippen molar-refractivity contribution in [2.75, 3.05) is 25.5 Å². The van der Waals surface area contributed by atoms with Crippen LogP contribution >= 0.6 is 0 Å². The molecule has 0 spiro atoms. The van der Waals surface area contributed by atoms with Crippen molar-refractivity contribution in [2.24, 2.45) is 0 Å². The number of nitrogens with one attached hydrogen (secondary N) is 1. The maximum absolute atomic E-state index is 11.9. The first-order valence-corrected chi connectivity index (χ1v) is 7.74. The summed E-state index contributed by atoms with van der Waals surface area (Å²) in [4.78, 5) is 13.9. The standard InChI is InChI=1S/C17H26N2O2/c1-19(2)15-8-5-14(6-9-15)7-10-16(20)18-13-17(21)11-3-4-12-17/h5-6,8-9,21H,3-4,7,10-13H2,1-2H3,(H,18,20). The van der Waals surface area contributed by atoms with Crippen LogP contribution in [-0.4, -0.2) is 37.3 Å². The SMILES string of the molecule is CN(C)c1ccc(CCC(=O)NCC2(O)CCCC2)cc1. The summed E-state index contributed by atoms with van der Waals surface area (Å²) in [5.74, 6) is 0.0204. The number of benzene rings is 1. The lowest BCUT2D eigenvalue weighted by Crippen LogP contribution is -2.40. The number of anilines is 1. The molecule has 0 unspecified atom stereocenters. The molecule has 0 bridgehead atoms. The van der Waals surface area contributed by atoms with Gasteiger partial charge in [-0.2, -0.15) is 0 Å². The Morgan fingerprint density at radius 2 is 1.86 bits per heavy atom. The number of nitrogens with zero attached hydrogens (tertiary/aromatic N) is 1. The third-order valence-electron chi connectivity index (χ3n) is 4.24. The van der Waals surface area contributed by atoms with Crippen LogP contribution in [-0.2, 0) is 11.2 Å². The van der Waals surface area contributed by atoms with E-state index in [1.165, 1.54) is 0 Å². The fraction of sp³-hybridized carbons (Fsp3) is 0.588. The molecule has 1 fully saturated rings. The first-order chi connectivity index (χ1) is 9.98. The van der Waals surface area contributed by atoms with Crippen molar-refractivity contribution in [3.05, 3.63) is 29.8 Å². The zero-order valence-electron chi connectivity index (χ0n) is 13.1. The summed E-state index contributed by atoms with van der Waals surface area (Å²) in [7, 11) is 4.02. The third-order valence-corrected chi connectivity index (χ3v) is 4.24. The molecule has 0 atom stereocenters. The van der Waals surface area contributed by atoms with Crippen LogP contribution in [0.5, 0.6) is 0 Å². The van der Waals surface area contributed by atoms with Crippen LogP contribution in [0.1, 0.15) is 37.7 Å². The van der Waals surface area contributed by atoms with Crippen molar-refractivity contribution in [2.45, 2.75) is 44.1 Å². The lowest BCUT2D eigenvalue weighted by Gasteiger charge is -2.22. The summed E-state index contributed by atoms with van der Waals surface area (Å²) in [5.41, 5.74) is 1.66. The molecule has 0 aromatic heterocycles. The fourth-order valence-corrected chi connectivity index (χ4v) is 2.78. The van der Waals surface area contributed by atoms with Gasteiger partial charge in [0.2, 0.25) is 5.91 Å². The summed E-state index contributed by atoms with van der Waals surface area (Å²) in [6, 6.07) is 8.25.